The van der Waals surface area contributed by atoms with Gasteiger partial charge in [-0.25, -0.2) is 4.79 Å². The average Bonchev–Trinajstić information content (AvgIpc) is 2.62. The van der Waals surface area contributed by atoms with Crippen LogP contribution in [0.3, 0.4) is 0 Å². The second-order valence-electron chi connectivity index (χ2n) is 5.37. The highest BCUT2D eigenvalue weighted by Gasteiger charge is 2.06. The molecule has 116 valence electrons. The van der Waals surface area contributed by atoms with E-state index in [1.165, 1.54) is 0 Å². The molecule has 24 heavy (non-hydrogen) atoms. The Hall–Kier alpha value is -3.47. The monoisotopic (exact) mass is 314 g/mol. The predicted molar refractivity (Wildman–Crippen MR) is 96.1 cm³/mol. The molecule has 0 saturated heterocycles. The second-order valence-corrected chi connectivity index (χ2v) is 5.37. The highest BCUT2D eigenvalue weighted by molar-refractivity contribution is 6.06. The van der Waals surface area contributed by atoms with Crippen LogP contribution in [0.15, 0.2) is 73.1 Å². The van der Waals surface area contributed by atoms with E-state index in [2.05, 4.69) is 20.6 Å². The van der Waals surface area contributed by atoms with Crippen molar-refractivity contribution < 1.29 is 4.79 Å². The van der Waals surface area contributed by atoms with Gasteiger partial charge in [0.05, 0.1) is 16.7 Å². The van der Waals surface area contributed by atoms with Crippen molar-refractivity contribution >= 4 is 39.2 Å². The molecular weight excluding hydrogens is 300 g/mol. The number of rotatable bonds is 2. The highest BCUT2D eigenvalue weighted by Crippen LogP contribution is 2.23. The van der Waals surface area contributed by atoms with Crippen LogP contribution in [0.4, 0.5) is 16.2 Å². The summed E-state index contributed by atoms with van der Waals surface area (Å²) in [5, 5.41) is 7.80. The van der Waals surface area contributed by atoms with Gasteiger partial charge in [-0.2, -0.15) is 0 Å². The van der Waals surface area contributed by atoms with Crippen LogP contribution in [0.25, 0.3) is 21.8 Å². The number of amides is 2. The number of hydrogen-bond donors (Lipinski definition) is 2. The molecule has 2 N–H and O–H groups in total. The van der Waals surface area contributed by atoms with Gasteiger partial charge in [-0.15, -0.1) is 0 Å². The molecule has 1 aromatic heterocycles. The van der Waals surface area contributed by atoms with Gasteiger partial charge in [-0.05, 0) is 29.7 Å². The summed E-state index contributed by atoms with van der Waals surface area (Å²) in [5.41, 5.74) is 2.96. The Kier molecular flexibility index (Phi) is 3.51. The fourth-order valence-corrected chi connectivity index (χ4v) is 2.66. The van der Waals surface area contributed by atoms with E-state index in [9.17, 15) is 4.79 Å². The minimum absolute atomic E-state index is 0.297. The third-order valence-corrected chi connectivity index (χ3v) is 3.77. The molecular formula is C19H14N4O. The number of aromatic nitrogens is 2. The third-order valence-electron chi connectivity index (χ3n) is 3.77. The Labute approximate surface area is 138 Å². The van der Waals surface area contributed by atoms with E-state index in [0.717, 1.165) is 27.5 Å². The first-order valence-corrected chi connectivity index (χ1v) is 7.56. The maximum atomic E-state index is 12.3. The van der Waals surface area contributed by atoms with Gasteiger partial charge in [0.25, 0.3) is 0 Å². The molecule has 0 saturated carbocycles. The fraction of sp³-hybridized carbons (Fsp3) is 0. The number of nitrogens with zero attached hydrogens (tertiary/aromatic N) is 2. The molecule has 4 rings (SSSR count). The van der Waals surface area contributed by atoms with Gasteiger partial charge in [-0.1, -0.05) is 36.4 Å². The first-order valence-electron chi connectivity index (χ1n) is 7.56. The molecule has 1 heterocycles. The molecule has 0 atom stereocenters. The largest absolute Gasteiger partial charge is 0.323 e. The molecule has 0 spiro atoms. The molecule has 3 aromatic carbocycles. The summed E-state index contributed by atoms with van der Waals surface area (Å²) in [6.45, 7) is 0. The minimum Gasteiger partial charge on any atom is -0.308 e. The molecule has 5 heteroatoms. The van der Waals surface area contributed by atoms with Gasteiger partial charge in [0.1, 0.15) is 0 Å². The van der Waals surface area contributed by atoms with Crippen molar-refractivity contribution in [1.82, 2.24) is 9.97 Å². The van der Waals surface area contributed by atoms with Gasteiger partial charge < -0.3 is 10.6 Å². The number of urea groups is 1. The maximum Gasteiger partial charge on any atom is 0.323 e. The number of nitrogens with one attached hydrogen (secondary N) is 2. The van der Waals surface area contributed by atoms with Crippen molar-refractivity contribution in [3.63, 3.8) is 0 Å². The first-order chi connectivity index (χ1) is 11.8. The van der Waals surface area contributed by atoms with Crippen LogP contribution in [-0.2, 0) is 0 Å². The Morgan fingerprint density at radius 1 is 0.792 bits per heavy atom. The molecule has 5 nitrogen and oxygen atoms in total. The quantitative estimate of drug-likeness (QED) is 0.575. The van der Waals surface area contributed by atoms with Crippen molar-refractivity contribution in [2.45, 2.75) is 0 Å². The van der Waals surface area contributed by atoms with Crippen LogP contribution in [0.5, 0.6) is 0 Å². The van der Waals surface area contributed by atoms with Crippen LogP contribution >= 0.6 is 0 Å². The second kappa shape index (κ2) is 5.96. The molecule has 0 aliphatic rings. The van der Waals surface area contributed by atoms with E-state index < -0.39 is 0 Å². The summed E-state index contributed by atoms with van der Waals surface area (Å²) in [7, 11) is 0. The Morgan fingerprint density at radius 2 is 1.58 bits per heavy atom. The van der Waals surface area contributed by atoms with Gasteiger partial charge in [0.15, 0.2) is 0 Å². The SMILES string of the molecule is O=C(Nc1ccc2nccnc2c1)Nc1cccc2ccccc12. The minimum atomic E-state index is -0.297. The van der Waals surface area contributed by atoms with E-state index in [0.29, 0.717) is 5.69 Å². The Morgan fingerprint density at radius 3 is 2.50 bits per heavy atom. The standard InChI is InChI=1S/C19H14N4O/c24-19(22-14-8-9-17-18(12-14)21-11-10-20-17)23-16-7-3-5-13-4-1-2-6-15(13)16/h1-12H,(H2,22,23,24). The lowest BCUT2D eigenvalue weighted by Crippen LogP contribution is -2.19. The van der Waals surface area contributed by atoms with Crippen molar-refractivity contribution in [1.29, 1.82) is 0 Å². The Balaban J connectivity index is 1.57. The predicted octanol–water partition coefficient (Wildman–Crippen LogP) is 4.43. The van der Waals surface area contributed by atoms with E-state index in [-0.39, 0.29) is 6.03 Å². The Bertz CT molecular complexity index is 1040. The zero-order chi connectivity index (χ0) is 16.4. The van der Waals surface area contributed by atoms with Crippen molar-refractivity contribution in [3.05, 3.63) is 73.1 Å². The molecule has 0 aliphatic heterocycles. The lowest BCUT2D eigenvalue weighted by molar-refractivity contribution is 0.262. The summed E-state index contributed by atoms with van der Waals surface area (Å²) in [6, 6.07) is 18.9. The van der Waals surface area contributed by atoms with Gasteiger partial charge in [0, 0.05) is 23.5 Å². The van der Waals surface area contributed by atoms with Crippen molar-refractivity contribution in [3.8, 4) is 0 Å². The lowest BCUT2D eigenvalue weighted by atomic mass is 10.1. The van der Waals surface area contributed by atoms with Gasteiger partial charge in [-0.3, -0.25) is 9.97 Å². The molecule has 0 fully saturated rings. The first kappa shape index (κ1) is 14.1. The molecule has 0 aliphatic carbocycles. The van der Waals surface area contributed by atoms with Gasteiger partial charge in [0.2, 0.25) is 0 Å². The number of anilines is 2. The lowest BCUT2D eigenvalue weighted by Gasteiger charge is -2.10. The van der Waals surface area contributed by atoms with E-state index in [1.807, 2.05) is 48.5 Å². The van der Waals surface area contributed by atoms with Crippen LogP contribution in [0, 0.1) is 0 Å². The number of carbonyl (C=O) groups excluding carboxylic acids is 1. The zero-order valence-electron chi connectivity index (χ0n) is 12.7. The molecule has 0 unspecified atom stereocenters. The summed E-state index contributed by atoms with van der Waals surface area (Å²) in [6.07, 6.45) is 3.27. The number of carbonyl (C=O) groups is 1. The van der Waals surface area contributed by atoms with E-state index in [1.54, 1.807) is 24.5 Å². The number of fused-ring (bicyclic) bond motifs is 2. The summed E-state index contributed by atoms with van der Waals surface area (Å²) < 4.78 is 0. The maximum absolute atomic E-state index is 12.3. The number of benzene rings is 3. The van der Waals surface area contributed by atoms with Crippen LogP contribution in [0.2, 0.25) is 0 Å². The van der Waals surface area contributed by atoms with Crippen LogP contribution in [0.1, 0.15) is 0 Å². The number of hydrogen-bond acceptors (Lipinski definition) is 3. The average molecular weight is 314 g/mol. The normalized spacial score (nSPS) is 10.7. The molecule has 0 radical (unpaired) electrons. The molecule has 4 aromatic rings. The van der Waals surface area contributed by atoms with E-state index in [4.69, 9.17) is 0 Å². The highest BCUT2D eigenvalue weighted by atomic mass is 16.2. The smallest absolute Gasteiger partial charge is 0.308 e. The van der Waals surface area contributed by atoms with Crippen LogP contribution in [-0.4, -0.2) is 16.0 Å². The summed E-state index contributed by atoms with van der Waals surface area (Å²) in [5.74, 6) is 0. The van der Waals surface area contributed by atoms with Gasteiger partial charge >= 0.3 is 6.03 Å². The van der Waals surface area contributed by atoms with Crippen LogP contribution < -0.4 is 10.6 Å². The molecule has 0 bridgehead atoms. The van der Waals surface area contributed by atoms with E-state index >= 15 is 0 Å². The van der Waals surface area contributed by atoms with Crippen molar-refractivity contribution in [2.24, 2.45) is 0 Å². The van der Waals surface area contributed by atoms with Crippen molar-refractivity contribution in [2.75, 3.05) is 10.6 Å². The topological polar surface area (TPSA) is 66.9 Å². The zero-order valence-corrected chi connectivity index (χ0v) is 12.7. The molecule has 2 amide bonds. The fourth-order valence-electron chi connectivity index (χ4n) is 2.66. The summed E-state index contributed by atoms with van der Waals surface area (Å²) in [4.78, 5) is 20.8. The third kappa shape index (κ3) is 2.75. The summed E-state index contributed by atoms with van der Waals surface area (Å²) >= 11 is 0.